The van der Waals surface area contributed by atoms with E-state index in [1.54, 1.807) is 0 Å². The van der Waals surface area contributed by atoms with Crippen LogP contribution in [0.15, 0.2) is 12.2 Å². The highest BCUT2D eigenvalue weighted by Gasteiger charge is 2.26. The van der Waals surface area contributed by atoms with Gasteiger partial charge in [0.1, 0.15) is 0 Å². The van der Waals surface area contributed by atoms with Crippen molar-refractivity contribution in [1.29, 1.82) is 0 Å². The maximum absolute atomic E-state index is 11.8. The fraction of sp³-hybridized carbons (Fsp3) is 0.750. The number of carbonyl (C=O) groups excluding carboxylic acids is 1. The van der Waals surface area contributed by atoms with Crippen LogP contribution in [0.3, 0.4) is 0 Å². The van der Waals surface area contributed by atoms with Gasteiger partial charge in [0.2, 0.25) is 5.91 Å². The Morgan fingerprint density at radius 2 is 2.12 bits per heavy atom. The number of hydrogen-bond donors (Lipinski definition) is 2. The summed E-state index contributed by atoms with van der Waals surface area (Å²) in [6, 6.07) is 0.0395. The van der Waals surface area contributed by atoms with E-state index in [1.807, 2.05) is 26.2 Å². The van der Waals surface area contributed by atoms with Gasteiger partial charge in [-0.05, 0) is 34.4 Å². The number of rotatable bonds is 4. The Kier molecular flexibility index (Phi) is 4.10. The maximum atomic E-state index is 11.8. The molecule has 0 saturated carbocycles. The summed E-state index contributed by atoms with van der Waals surface area (Å²) in [6.07, 6.45) is 4.54. The van der Waals surface area contributed by atoms with Gasteiger partial charge in [-0.1, -0.05) is 12.2 Å². The summed E-state index contributed by atoms with van der Waals surface area (Å²) >= 11 is 0. The first-order chi connectivity index (χ1) is 7.33. The fourth-order valence-corrected chi connectivity index (χ4v) is 1.51. The molecule has 0 radical (unpaired) electrons. The van der Waals surface area contributed by atoms with Gasteiger partial charge in [-0.2, -0.15) is 0 Å². The largest absolute Gasteiger partial charge is 0.354 e. The zero-order chi connectivity index (χ0) is 12.3. The van der Waals surface area contributed by atoms with E-state index in [2.05, 4.69) is 24.1 Å². The van der Waals surface area contributed by atoms with E-state index in [9.17, 15) is 4.79 Å². The van der Waals surface area contributed by atoms with Gasteiger partial charge in [-0.25, -0.2) is 0 Å². The van der Waals surface area contributed by atoms with Gasteiger partial charge >= 0.3 is 0 Å². The van der Waals surface area contributed by atoms with Gasteiger partial charge in [0.05, 0.1) is 5.92 Å². The highest BCUT2D eigenvalue weighted by atomic mass is 16.1. The SMILES string of the molecule is CN(C)C(C)(C)CNC(=O)C1C=CC(N)C1. The molecule has 92 valence electrons. The Labute approximate surface area is 97.9 Å². The molecule has 2 atom stereocenters. The average Bonchev–Trinajstić information content (AvgIpc) is 2.61. The van der Waals surface area contributed by atoms with E-state index in [0.29, 0.717) is 6.54 Å². The van der Waals surface area contributed by atoms with Crippen molar-refractivity contribution < 1.29 is 4.79 Å². The van der Waals surface area contributed by atoms with Crippen LogP contribution < -0.4 is 11.1 Å². The lowest BCUT2D eigenvalue weighted by molar-refractivity contribution is -0.124. The summed E-state index contributed by atoms with van der Waals surface area (Å²) in [5, 5.41) is 2.98. The molecule has 0 heterocycles. The zero-order valence-corrected chi connectivity index (χ0v) is 10.7. The third-order valence-corrected chi connectivity index (χ3v) is 3.36. The first kappa shape index (κ1) is 13.2. The molecule has 0 bridgehead atoms. The van der Waals surface area contributed by atoms with Crippen LogP contribution in [0.2, 0.25) is 0 Å². The second kappa shape index (κ2) is 4.97. The monoisotopic (exact) mass is 225 g/mol. The quantitative estimate of drug-likeness (QED) is 0.679. The number of nitrogens with two attached hydrogens (primary N) is 1. The number of hydrogen-bond acceptors (Lipinski definition) is 3. The molecule has 4 nitrogen and oxygen atoms in total. The van der Waals surface area contributed by atoms with Gasteiger partial charge in [-0.3, -0.25) is 4.79 Å². The van der Waals surface area contributed by atoms with Gasteiger partial charge in [0, 0.05) is 18.1 Å². The molecule has 2 unspecified atom stereocenters. The van der Waals surface area contributed by atoms with Gasteiger partial charge in [0.25, 0.3) is 0 Å². The van der Waals surface area contributed by atoms with Crippen molar-refractivity contribution >= 4 is 5.91 Å². The summed E-state index contributed by atoms with van der Waals surface area (Å²) in [7, 11) is 4.02. The summed E-state index contributed by atoms with van der Waals surface area (Å²) in [5.41, 5.74) is 5.69. The van der Waals surface area contributed by atoms with Crippen LogP contribution in [0.5, 0.6) is 0 Å². The highest BCUT2D eigenvalue weighted by Crippen LogP contribution is 2.16. The van der Waals surface area contributed by atoms with Crippen LogP contribution in [0.4, 0.5) is 0 Å². The van der Waals surface area contributed by atoms with Crippen molar-refractivity contribution in [1.82, 2.24) is 10.2 Å². The fourth-order valence-electron chi connectivity index (χ4n) is 1.51. The molecule has 1 rings (SSSR count). The minimum atomic E-state index is -0.0482. The van der Waals surface area contributed by atoms with Crippen molar-refractivity contribution in [2.24, 2.45) is 11.7 Å². The van der Waals surface area contributed by atoms with Crippen LogP contribution in [0.1, 0.15) is 20.3 Å². The van der Waals surface area contributed by atoms with Crippen LogP contribution >= 0.6 is 0 Å². The molecule has 0 aliphatic heterocycles. The Morgan fingerprint density at radius 3 is 2.56 bits per heavy atom. The van der Waals surface area contributed by atoms with Crippen molar-refractivity contribution in [3.63, 3.8) is 0 Å². The van der Waals surface area contributed by atoms with Crippen molar-refractivity contribution in [3.8, 4) is 0 Å². The van der Waals surface area contributed by atoms with E-state index in [-0.39, 0.29) is 23.4 Å². The molecule has 0 fully saturated rings. The van der Waals surface area contributed by atoms with Crippen LogP contribution in [-0.4, -0.2) is 43.0 Å². The second-order valence-corrected chi connectivity index (χ2v) is 5.32. The summed E-state index contributed by atoms with van der Waals surface area (Å²) < 4.78 is 0. The molecule has 16 heavy (non-hydrogen) atoms. The molecule has 0 aromatic heterocycles. The molecule has 0 saturated heterocycles. The zero-order valence-electron chi connectivity index (χ0n) is 10.7. The summed E-state index contributed by atoms with van der Waals surface area (Å²) in [6.45, 7) is 4.85. The Bertz CT molecular complexity index is 284. The van der Waals surface area contributed by atoms with Crippen LogP contribution in [0, 0.1) is 5.92 Å². The van der Waals surface area contributed by atoms with Gasteiger partial charge < -0.3 is 16.0 Å². The maximum Gasteiger partial charge on any atom is 0.227 e. The molecule has 3 N–H and O–H groups in total. The standard InChI is InChI=1S/C12H23N3O/c1-12(2,15(3)4)8-14-11(16)9-5-6-10(13)7-9/h5-6,9-10H,7-8,13H2,1-4H3,(H,14,16). The molecular formula is C12H23N3O. The second-order valence-electron chi connectivity index (χ2n) is 5.32. The Balaban J connectivity index is 2.39. The lowest BCUT2D eigenvalue weighted by atomic mass is 10.0. The van der Waals surface area contributed by atoms with Gasteiger partial charge in [0.15, 0.2) is 0 Å². The average molecular weight is 225 g/mol. The predicted octanol–water partition coefficient (Wildman–Crippen LogP) is 0.346. The van der Waals surface area contributed by atoms with E-state index < -0.39 is 0 Å². The van der Waals surface area contributed by atoms with Gasteiger partial charge in [-0.15, -0.1) is 0 Å². The first-order valence-electron chi connectivity index (χ1n) is 5.72. The number of nitrogens with one attached hydrogen (secondary N) is 1. The third-order valence-electron chi connectivity index (χ3n) is 3.36. The van der Waals surface area contributed by atoms with Crippen LogP contribution in [-0.2, 0) is 4.79 Å². The topological polar surface area (TPSA) is 58.4 Å². The molecule has 0 spiro atoms. The predicted molar refractivity (Wildman–Crippen MR) is 66.0 cm³/mol. The molecule has 0 aromatic carbocycles. The number of nitrogens with zero attached hydrogens (tertiary/aromatic N) is 1. The van der Waals surface area contributed by atoms with Crippen molar-refractivity contribution in [3.05, 3.63) is 12.2 Å². The first-order valence-corrected chi connectivity index (χ1v) is 5.72. The number of amides is 1. The Hall–Kier alpha value is -0.870. The summed E-state index contributed by atoms with van der Waals surface area (Å²) in [5.74, 6) is 0.0343. The third kappa shape index (κ3) is 3.32. The highest BCUT2D eigenvalue weighted by molar-refractivity contribution is 5.81. The molecule has 1 aliphatic rings. The Morgan fingerprint density at radius 1 is 1.50 bits per heavy atom. The summed E-state index contributed by atoms with van der Waals surface area (Å²) in [4.78, 5) is 13.9. The molecule has 1 aliphatic carbocycles. The molecule has 1 amide bonds. The smallest absolute Gasteiger partial charge is 0.227 e. The normalized spacial score (nSPS) is 25.1. The minimum absolute atomic E-state index is 0.0277. The lowest BCUT2D eigenvalue weighted by Crippen LogP contribution is -2.49. The lowest BCUT2D eigenvalue weighted by Gasteiger charge is -2.33. The number of likely N-dealkylation sites (N-methyl/N-ethyl adjacent to an activating group) is 1. The van der Waals surface area contributed by atoms with Crippen molar-refractivity contribution in [2.75, 3.05) is 20.6 Å². The van der Waals surface area contributed by atoms with E-state index in [4.69, 9.17) is 5.73 Å². The van der Waals surface area contributed by atoms with Crippen LogP contribution in [0.25, 0.3) is 0 Å². The van der Waals surface area contributed by atoms with E-state index in [1.165, 1.54) is 0 Å². The number of carbonyl (C=O) groups is 1. The van der Waals surface area contributed by atoms with E-state index in [0.717, 1.165) is 6.42 Å². The minimum Gasteiger partial charge on any atom is -0.354 e. The molecule has 4 heteroatoms. The molecule has 0 aromatic rings. The molecular weight excluding hydrogens is 202 g/mol. The van der Waals surface area contributed by atoms with E-state index >= 15 is 0 Å². The van der Waals surface area contributed by atoms with Crippen molar-refractivity contribution in [2.45, 2.75) is 31.8 Å².